The second-order valence-electron chi connectivity index (χ2n) is 4.21. The third-order valence-electron chi connectivity index (χ3n) is 2.78. The van der Waals surface area contributed by atoms with Gasteiger partial charge in [0.05, 0.1) is 6.04 Å². The van der Waals surface area contributed by atoms with Crippen molar-refractivity contribution in [2.75, 3.05) is 13.2 Å². The molecule has 16 heavy (non-hydrogen) atoms. The highest BCUT2D eigenvalue weighted by Crippen LogP contribution is 2.08. The van der Waals surface area contributed by atoms with E-state index in [1.54, 1.807) is 0 Å². The van der Waals surface area contributed by atoms with E-state index in [2.05, 4.69) is 17.2 Å². The molecule has 0 aromatic carbocycles. The molecule has 0 radical (unpaired) electrons. The number of aromatic nitrogens is 2. The van der Waals surface area contributed by atoms with Gasteiger partial charge in [-0.15, -0.1) is 0 Å². The normalized spacial score (nSPS) is 12.9. The number of hydrogen-bond donors (Lipinski definition) is 2. The Morgan fingerprint density at radius 3 is 2.75 bits per heavy atom. The molecule has 4 nitrogen and oxygen atoms in total. The Morgan fingerprint density at radius 2 is 2.12 bits per heavy atom. The van der Waals surface area contributed by atoms with E-state index in [0.29, 0.717) is 12.6 Å². The number of nitrogens with one attached hydrogen (secondary N) is 1. The van der Waals surface area contributed by atoms with Gasteiger partial charge < -0.3 is 15.0 Å². The largest absolute Gasteiger partial charge is 0.396 e. The molecule has 0 aliphatic rings. The number of hydrogen-bond acceptors (Lipinski definition) is 3. The third kappa shape index (κ3) is 4.33. The highest BCUT2D eigenvalue weighted by atomic mass is 16.2. The zero-order valence-electron chi connectivity index (χ0n) is 10.3. The quantitative estimate of drug-likeness (QED) is 0.661. The maximum Gasteiger partial charge on any atom is 0.125 e. The first kappa shape index (κ1) is 13.2. The van der Waals surface area contributed by atoms with Gasteiger partial charge in [0, 0.05) is 26.0 Å². The van der Waals surface area contributed by atoms with Gasteiger partial charge in [0.1, 0.15) is 5.82 Å². The third-order valence-corrected chi connectivity index (χ3v) is 2.78. The van der Waals surface area contributed by atoms with E-state index in [0.717, 1.165) is 31.6 Å². The molecule has 0 saturated heterocycles. The summed E-state index contributed by atoms with van der Waals surface area (Å²) in [6.07, 6.45) is 8.18. The molecule has 0 fully saturated rings. The zero-order chi connectivity index (χ0) is 11.8. The lowest BCUT2D eigenvalue weighted by molar-refractivity contribution is 0.282. The standard InChI is InChI=1S/C12H23N3O/c1-11(12-14-8-9-15(12)2)13-7-5-3-4-6-10-16/h8-9,11,13,16H,3-7,10H2,1-2H3. The lowest BCUT2D eigenvalue weighted by atomic mass is 10.2. The van der Waals surface area contributed by atoms with Gasteiger partial charge in [-0.05, 0) is 26.3 Å². The van der Waals surface area contributed by atoms with Gasteiger partial charge >= 0.3 is 0 Å². The Balaban J connectivity index is 2.11. The summed E-state index contributed by atoms with van der Waals surface area (Å²) in [6.45, 7) is 3.46. The smallest absolute Gasteiger partial charge is 0.125 e. The molecule has 0 saturated carbocycles. The predicted octanol–water partition coefficient (Wildman–Crippen LogP) is 1.62. The number of unbranched alkanes of at least 4 members (excludes halogenated alkanes) is 3. The van der Waals surface area contributed by atoms with Crippen LogP contribution in [-0.2, 0) is 7.05 Å². The summed E-state index contributed by atoms with van der Waals surface area (Å²) < 4.78 is 2.05. The van der Waals surface area contributed by atoms with Crippen molar-refractivity contribution < 1.29 is 5.11 Å². The number of aliphatic hydroxyl groups excluding tert-OH is 1. The van der Waals surface area contributed by atoms with Crippen molar-refractivity contribution in [3.05, 3.63) is 18.2 Å². The minimum atomic E-state index is 0.304. The average molecular weight is 225 g/mol. The van der Waals surface area contributed by atoms with E-state index in [-0.39, 0.29) is 0 Å². The Bertz CT molecular complexity index is 286. The van der Waals surface area contributed by atoms with Crippen LogP contribution in [0.4, 0.5) is 0 Å². The predicted molar refractivity (Wildman–Crippen MR) is 65.2 cm³/mol. The maximum atomic E-state index is 8.64. The highest BCUT2D eigenvalue weighted by Gasteiger charge is 2.08. The van der Waals surface area contributed by atoms with Gasteiger partial charge in [-0.25, -0.2) is 4.98 Å². The number of nitrogens with zero attached hydrogens (tertiary/aromatic N) is 2. The minimum absolute atomic E-state index is 0.304. The van der Waals surface area contributed by atoms with Gasteiger partial charge in [-0.2, -0.15) is 0 Å². The molecular weight excluding hydrogens is 202 g/mol. The molecule has 1 unspecified atom stereocenters. The molecule has 0 bridgehead atoms. The molecule has 0 amide bonds. The zero-order valence-corrected chi connectivity index (χ0v) is 10.3. The topological polar surface area (TPSA) is 50.1 Å². The van der Waals surface area contributed by atoms with E-state index >= 15 is 0 Å². The summed E-state index contributed by atoms with van der Waals surface area (Å²) in [6, 6.07) is 0.304. The van der Waals surface area contributed by atoms with Gasteiger partial charge in [0.25, 0.3) is 0 Å². The van der Waals surface area contributed by atoms with Gasteiger partial charge in [0.2, 0.25) is 0 Å². The molecule has 1 aromatic heterocycles. The lowest BCUT2D eigenvalue weighted by Crippen LogP contribution is -2.22. The number of aryl methyl sites for hydroxylation is 1. The fourth-order valence-corrected chi connectivity index (χ4v) is 1.79. The molecule has 0 spiro atoms. The van der Waals surface area contributed by atoms with Gasteiger partial charge in [0.15, 0.2) is 0 Å². The fourth-order valence-electron chi connectivity index (χ4n) is 1.79. The molecule has 1 atom stereocenters. The lowest BCUT2D eigenvalue weighted by Gasteiger charge is -2.13. The molecule has 4 heteroatoms. The first-order valence-electron chi connectivity index (χ1n) is 6.07. The minimum Gasteiger partial charge on any atom is -0.396 e. The van der Waals surface area contributed by atoms with Crippen LogP contribution in [0.2, 0.25) is 0 Å². The summed E-state index contributed by atoms with van der Waals surface area (Å²) >= 11 is 0. The van der Waals surface area contributed by atoms with Crippen molar-refractivity contribution in [3.63, 3.8) is 0 Å². The highest BCUT2D eigenvalue weighted by molar-refractivity contribution is 4.96. The monoisotopic (exact) mass is 225 g/mol. The Hall–Kier alpha value is -0.870. The summed E-state index contributed by atoms with van der Waals surface area (Å²) in [4.78, 5) is 4.31. The molecule has 0 aliphatic heterocycles. The number of aliphatic hydroxyl groups is 1. The van der Waals surface area contributed by atoms with E-state index in [9.17, 15) is 0 Å². The van der Waals surface area contributed by atoms with Crippen molar-refractivity contribution >= 4 is 0 Å². The maximum absolute atomic E-state index is 8.64. The van der Waals surface area contributed by atoms with Crippen LogP contribution in [0.15, 0.2) is 12.4 Å². The van der Waals surface area contributed by atoms with Gasteiger partial charge in [-0.3, -0.25) is 0 Å². The molecule has 1 rings (SSSR count). The van der Waals surface area contributed by atoms with E-state index in [1.165, 1.54) is 6.42 Å². The van der Waals surface area contributed by atoms with E-state index < -0.39 is 0 Å². The summed E-state index contributed by atoms with van der Waals surface area (Å²) in [5.74, 6) is 1.08. The van der Waals surface area contributed by atoms with Crippen molar-refractivity contribution in [1.29, 1.82) is 0 Å². The van der Waals surface area contributed by atoms with Crippen LogP contribution < -0.4 is 5.32 Å². The number of imidazole rings is 1. The van der Waals surface area contributed by atoms with Crippen LogP contribution in [0, 0.1) is 0 Å². The molecular formula is C12H23N3O. The fraction of sp³-hybridized carbons (Fsp3) is 0.750. The van der Waals surface area contributed by atoms with Crippen LogP contribution in [-0.4, -0.2) is 27.8 Å². The first-order chi connectivity index (χ1) is 7.75. The van der Waals surface area contributed by atoms with Gasteiger partial charge in [-0.1, -0.05) is 12.8 Å². The van der Waals surface area contributed by atoms with E-state index in [4.69, 9.17) is 5.11 Å². The van der Waals surface area contributed by atoms with Crippen LogP contribution in [0.1, 0.15) is 44.5 Å². The molecule has 92 valence electrons. The average Bonchev–Trinajstić information content (AvgIpc) is 2.69. The van der Waals surface area contributed by atoms with Crippen molar-refractivity contribution in [3.8, 4) is 0 Å². The Labute approximate surface area is 97.7 Å². The van der Waals surface area contributed by atoms with Crippen LogP contribution >= 0.6 is 0 Å². The van der Waals surface area contributed by atoms with E-state index in [1.807, 2.05) is 24.0 Å². The van der Waals surface area contributed by atoms with Crippen LogP contribution in [0.25, 0.3) is 0 Å². The van der Waals surface area contributed by atoms with Crippen LogP contribution in [0.3, 0.4) is 0 Å². The Morgan fingerprint density at radius 1 is 1.38 bits per heavy atom. The second kappa shape index (κ2) is 7.41. The first-order valence-corrected chi connectivity index (χ1v) is 6.07. The van der Waals surface area contributed by atoms with Crippen LogP contribution in [0.5, 0.6) is 0 Å². The molecule has 2 N–H and O–H groups in total. The van der Waals surface area contributed by atoms with Crippen molar-refractivity contribution in [2.24, 2.45) is 7.05 Å². The Kier molecular flexibility index (Phi) is 6.11. The summed E-state index contributed by atoms with van der Waals surface area (Å²) in [7, 11) is 2.02. The molecule has 1 aromatic rings. The molecule has 0 aliphatic carbocycles. The van der Waals surface area contributed by atoms with Crippen molar-refractivity contribution in [1.82, 2.24) is 14.9 Å². The summed E-state index contributed by atoms with van der Waals surface area (Å²) in [5.41, 5.74) is 0. The van der Waals surface area contributed by atoms with Crippen molar-refractivity contribution in [2.45, 2.75) is 38.6 Å². The molecule has 1 heterocycles. The number of rotatable bonds is 8. The second-order valence-corrected chi connectivity index (χ2v) is 4.21. The SMILES string of the molecule is CC(NCCCCCCO)c1nccn1C. The summed E-state index contributed by atoms with van der Waals surface area (Å²) in [5, 5.41) is 12.1.